The van der Waals surface area contributed by atoms with Gasteiger partial charge in [0.25, 0.3) is 0 Å². The van der Waals surface area contributed by atoms with Crippen LogP contribution in [0.15, 0.2) is 58.1 Å². The number of carbonyl (C=O) groups is 2. The van der Waals surface area contributed by atoms with Crippen LogP contribution in [-0.2, 0) is 9.59 Å². The van der Waals surface area contributed by atoms with E-state index in [2.05, 4.69) is 21.0 Å². The Hall–Kier alpha value is -2.54. The Morgan fingerprint density at radius 3 is 2.65 bits per heavy atom. The van der Waals surface area contributed by atoms with Crippen LogP contribution in [0.1, 0.15) is 36.4 Å². The van der Waals surface area contributed by atoms with Crippen LogP contribution in [0, 0.1) is 5.82 Å². The van der Waals surface area contributed by atoms with Crippen LogP contribution < -0.4 is 0 Å². The minimum atomic E-state index is -1.05. The van der Waals surface area contributed by atoms with Gasteiger partial charge in [-0.05, 0) is 35.4 Å². The molecule has 2 aromatic carbocycles. The van der Waals surface area contributed by atoms with Crippen molar-refractivity contribution in [2.45, 2.75) is 25.3 Å². The van der Waals surface area contributed by atoms with Crippen molar-refractivity contribution in [1.82, 2.24) is 5.01 Å². The number of hydrogen-bond donors (Lipinski definition) is 1. The number of amides is 1. The van der Waals surface area contributed by atoms with E-state index in [1.807, 2.05) is 24.3 Å². The first-order chi connectivity index (χ1) is 12.4. The van der Waals surface area contributed by atoms with Gasteiger partial charge in [-0.25, -0.2) is 9.40 Å². The molecule has 2 aromatic rings. The summed E-state index contributed by atoms with van der Waals surface area (Å²) in [6.45, 7) is 0. The zero-order valence-corrected chi connectivity index (χ0v) is 15.3. The van der Waals surface area contributed by atoms with Gasteiger partial charge in [-0.3, -0.25) is 9.59 Å². The molecule has 0 saturated heterocycles. The highest BCUT2D eigenvalue weighted by Gasteiger charge is 2.33. The van der Waals surface area contributed by atoms with Crippen LogP contribution in [0.3, 0.4) is 0 Å². The maximum absolute atomic E-state index is 13.7. The SMILES string of the molecule is O=C(O)CCC(=O)N1N=C(c2cccc(Br)c2)CC1c1cccc(F)c1. The maximum Gasteiger partial charge on any atom is 0.303 e. The fourth-order valence-electron chi connectivity index (χ4n) is 2.88. The van der Waals surface area contributed by atoms with E-state index in [-0.39, 0.29) is 12.8 Å². The molecule has 0 saturated carbocycles. The summed E-state index contributed by atoms with van der Waals surface area (Å²) >= 11 is 3.41. The van der Waals surface area contributed by atoms with Crippen molar-refractivity contribution in [1.29, 1.82) is 0 Å². The Kier molecular flexibility index (Phi) is 5.46. The molecule has 1 aliphatic rings. The second kappa shape index (κ2) is 7.78. The first kappa shape index (κ1) is 18.3. The van der Waals surface area contributed by atoms with Crippen molar-refractivity contribution in [2.24, 2.45) is 5.10 Å². The third kappa shape index (κ3) is 4.16. The van der Waals surface area contributed by atoms with Gasteiger partial charge in [0, 0.05) is 17.3 Å². The number of carboxylic acids is 1. The second-order valence-corrected chi connectivity index (χ2v) is 6.88. The molecule has 134 valence electrons. The lowest BCUT2D eigenvalue weighted by atomic mass is 9.98. The van der Waals surface area contributed by atoms with Crippen molar-refractivity contribution in [2.75, 3.05) is 0 Å². The van der Waals surface area contributed by atoms with Gasteiger partial charge in [-0.1, -0.05) is 40.2 Å². The molecule has 0 aliphatic carbocycles. The molecule has 1 atom stereocenters. The Labute approximate surface area is 158 Å². The van der Waals surface area contributed by atoms with Gasteiger partial charge in [0.15, 0.2) is 0 Å². The molecule has 0 fully saturated rings. The van der Waals surface area contributed by atoms with Crippen molar-refractivity contribution in [3.05, 3.63) is 69.9 Å². The third-order valence-corrected chi connectivity index (χ3v) is 4.60. The molecule has 3 rings (SSSR count). The predicted molar refractivity (Wildman–Crippen MR) is 98.2 cm³/mol. The third-order valence-electron chi connectivity index (χ3n) is 4.11. The first-order valence-corrected chi connectivity index (χ1v) is 8.86. The monoisotopic (exact) mass is 418 g/mol. The van der Waals surface area contributed by atoms with Gasteiger partial charge in [-0.2, -0.15) is 5.10 Å². The number of carboxylic acid groups (broad SMARTS) is 1. The summed E-state index contributed by atoms with van der Waals surface area (Å²) in [5, 5.41) is 14.5. The quantitative estimate of drug-likeness (QED) is 0.793. The van der Waals surface area contributed by atoms with E-state index in [0.717, 1.165) is 10.0 Å². The first-order valence-electron chi connectivity index (χ1n) is 8.07. The van der Waals surface area contributed by atoms with E-state index in [9.17, 15) is 14.0 Å². The molecule has 26 heavy (non-hydrogen) atoms. The highest BCUT2D eigenvalue weighted by atomic mass is 79.9. The molecule has 0 aromatic heterocycles. The summed E-state index contributed by atoms with van der Waals surface area (Å²) in [6, 6.07) is 13.1. The van der Waals surface area contributed by atoms with Gasteiger partial charge in [-0.15, -0.1) is 0 Å². The predicted octanol–water partition coefficient (Wildman–Crippen LogP) is 4.13. The van der Waals surface area contributed by atoms with Gasteiger partial charge in [0.1, 0.15) is 5.82 Å². The van der Waals surface area contributed by atoms with Crippen LogP contribution >= 0.6 is 15.9 Å². The molecule has 1 aliphatic heterocycles. The Morgan fingerprint density at radius 1 is 1.19 bits per heavy atom. The average molecular weight is 419 g/mol. The topological polar surface area (TPSA) is 70.0 Å². The van der Waals surface area contributed by atoms with E-state index in [4.69, 9.17) is 5.11 Å². The molecule has 5 nitrogen and oxygen atoms in total. The molecule has 1 N–H and O–H groups in total. The fraction of sp³-hybridized carbons (Fsp3) is 0.211. The molecule has 1 heterocycles. The molecule has 1 unspecified atom stereocenters. The van der Waals surface area contributed by atoms with Crippen LogP contribution in [0.2, 0.25) is 0 Å². The van der Waals surface area contributed by atoms with Crippen molar-refractivity contribution >= 4 is 33.5 Å². The largest absolute Gasteiger partial charge is 0.481 e. The standard InChI is InChI=1S/C19H16BrFN2O3/c20-14-5-1-3-12(9-14)16-11-17(13-4-2-6-15(21)10-13)23(22-16)18(24)7-8-19(25)26/h1-6,9-10,17H,7-8,11H2,(H,25,26). The van der Waals surface area contributed by atoms with Gasteiger partial charge in [0.2, 0.25) is 5.91 Å². The molecule has 0 spiro atoms. The van der Waals surface area contributed by atoms with Crippen molar-refractivity contribution in [3.8, 4) is 0 Å². The number of carbonyl (C=O) groups excluding carboxylic acids is 1. The normalized spacial score (nSPS) is 16.5. The highest BCUT2D eigenvalue weighted by molar-refractivity contribution is 9.10. The summed E-state index contributed by atoms with van der Waals surface area (Å²) in [7, 11) is 0. The van der Waals surface area contributed by atoms with E-state index in [1.54, 1.807) is 12.1 Å². The minimum Gasteiger partial charge on any atom is -0.481 e. The molecule has 0 radical (unpaired) electrons. The summed E-state index contributed by atoms with van der Waals surface area (Å²) in [5.41, 5.74) is 2.18. The average Bonchev–Trinajstić information content (AvgIpc) is 3.05. The Bertz CT molecular complexity index is 885. The fourth-order valence-corrected chi connectivity index (χ4v) is 3.28. The van der Waals surface area contributed by atoms with Crippen LogP contribution in [-0.4, -0.2) is 27.7 Å². The lowest BCUT2D eigenvalue weighted by Gasteiger charge is -2.21. The van der Waals surface area contributed by atoms with Gasteiger partial charge < -0.3 is 5.11 Å². The molecule has 7 heteroatoms. The number of nitrogens with zero attached hydrogens (tertiary/aromatic N) is 2. The Balaban J connectivity index is 1.93. The van der Waals surface area contributed by atoms with E-state index in [1.165, 1.54) is 17.1 Å². The minimum absolute atomic E-state index is 0.156. The summed E-state index contributed by atoms with van der Waals surface area (Å²) in [6.07, 6.45) is 0.00206. The smallest absolute Gasteiger partial charge is 0.303 e. The summed E-state index contributed by atoms with van der Waals surface area (Å²) < 4.78 is 14.5. The van der Waals surface area contributed by atoms with Crippen molar-refractivity contribution < 1.29 is 19.1 Å². The summed E-state index contributed by atoms with van der Waals surface area (Å²) in [5.74, 6) is -1.83. The second-order valence-electron chi connectivity index (χ2n) is 5.96. The zero-order chi connectivity index (χ0) is 18.7. The zero-order valence-electron chi connectivity index (χ0n) is 13.7. The molecular formula is C19H16BrFN2O3. The number of rotatable bonds is 5. The van der Waals surface area contributed by atoms with E-state index < -0.39 is 23.7 Å². The van der Waals surface area contributed by atoms with Crippen LogP contribution in [0.5, 0.6) is 0 Å². The van der Waals surface area contributed by atoms with E-state index in [0.29, 0.717) is 17.7 Å². The molecule has 1 amide bonds. The molecular weight excluding hydrogens is 403 g/mol. The lowest BCUT2D eigenvalue weighted by molar-refractivity contribution is -0.141. The number of hydrazone groups is 1. The summed E-state index contributed by atoms with van der Waals surface area (Å²) in [4.78, 5) is 23.3. The maximum atomic E-state index is 13.7. The highest BCUT2D eigenvalue weighted by Crippen LogP contribution is 2.34. The Morgan fingerprint density at radius 2 is 1.96 bits per heavy atom. The lowest BCUT2D eigenvalue weighted by Crippen LogP contribution is -2.27. The van der Waals surface area contributed by atoms with E-state index >= 15 is 0 Å². The van der Waals surface area contributed by atoms with Crippen LogP contribution in [0.25, 0.3) is 0 Å². The van der Waals surface area contributed by atoms with Gasteiger partial charge >= 0.3 is 5.97 Å². The molecule has 0 bridgehead atoms. The van der Waals surface area contributed by atoms with Gasteiger partial charge in [0.05, 0.1) is 18.2 Å². The number of hydrogen-bond acceptors (Lipinski definition) is 3. The van der Waals surface area contributed by atoms with Crippen molar-refractivity contribution in [3.63, 3.8) is 0 Å². The number of halogens is 2. The number of aliphatic carboxylic acids is 1. The number of benzene rings is 2. The van der Waals surface area contributed by atoms with Crippen LogP contribution in [0.4, 0.5) is 4.39 Å².